The van der Waals surface area contributed by atoms with Crippen LogP contribution in [-0.2, 0) is 41.3 Å². The zero-order valence-corrected chi connectivity index (χ0v) is 26.9. The van der Waals surface area contributed by atoms with Crippen LogP contribution in [0, 0.1) is 0 Å². The summed E-state index contributed by atoms with van der Waals surface area (Å²) in [6, 6.07) is 14.2. The first-order chi connectivity index (χ1) is 21.7. The lowest BCUT2D eigenvalue weighted by Gasteiger charge is -2.25. The molecule has 1 saturated carbocycles. The van der Waals surface area contributed by atoms with Gasteiger partial charge in [-0.1, -0.05) is 53.0 Å². The summed E-state index contributed by atoms with van der Waals surface area (Å²) in [6.07, 6.45) is 4.35. The Kier molecular flexibility index (Phi) is 9.27. The van der Waals surface area contributed by atoms with E-state index >= 15 is 0 Å². The number of ether oxygens (including phenoxy) is 2. The Balaban J connectivity index is 1.11. The van der Waals surface area contributed by atoms with Crippen molar-refractivity contribution in [3.63, 3.8) is 0 Å². The van der Waals surface area contributed by atoms with Crippen LogP contribution >= 0.6 is 34.8 Å². The van der Waals surface area contributed by atoms with Crippen LogP contribution in [0.2, 0.25) is 15.1 Å². The Labute approximate surface area is 275 Å². The molecule has 1 N–H and O–H groups in total. The third-order valence-corrected chi connectivity index (χ3v) is 9.43. The molecule has 2 aromatic heterocycles. The number of anilines is 1. The quantitative estimate of drug-likeness (QED) is 0.180. The van der Waals surface area contributed by atoms with Crippen molar-refractivity contribution >= 4 is 46.6 Å². The van der Waals surface area contributed by atoms with Crippen LogP contribution in [0.15, 0.2) is 63.9 Å². The minimum Gasteiger partial charge on any atom is -0.465 e. The van der Waals surface area contributed by atoms with Crippen molar-refractivity contribution in [2.24, 2.45) is 0 Å². The Morgan fingerprint density at radius 2 is 1.87 bits per heavy atom. The number of hydrogen-bond donors (Lipinski definition) is 1. The van der Waals surface area contributed by atoms with Crippen molar-refractivity contribution < 1.29 is 23.8 Å². The number of hydrogen-bond acceptors (Lipinski definition) is 8. The van der Waals surface area contributed by atoms with Crippen molar-refractivity contribution in [1.82, 2.24) is 9.55 Å². The molecule has 0 spiro atoms. The molecule has 2 aliphatic rings. The molecule has 12 heteroatoms. The molecule has 1 aliphatic carbocycles. The summed E-state index contributed by atoms with van der Waals surface area (Å²) in [5.41, 5.74) is 2.15. The predicted molar refractivity (Wildman–Crippen MR) is 171 cm³/mol. The number of rotatable bonds is 11. The molecule has 1 unspecified atom stereocenters. The SMILES string of the molecule is COC(=O)c1ccc(N2CCC(O)(c3ccc(COCc4c(C5CC5)oc(=O)n4CCc4c(Cl)cccc4Cl)cc3Cl)C2)nc1. The highest BCUT2D eigenvalue weighted by Gasteiger charge is 2.40. The second-order valence-corrected chi connectivity index (χ2v) is 12.7. The van der Waals surface area contributed by atoms with Gasteiger partial charge in [-0.25, -0.2) is 14.6 Å². The molecule has 45 heavy (non-hydrogen) atoms. The van der Waals surface area contributed by atoms with Crippen LogP contribution < -0.4 is 10.7 Å². The fourth-order valence-corrected chi connectivity index (χ4v) is 6.76. The van der Waals surface area contributed by atoms with E-state index in [1.54, 1.807) is 41.0 Å². The van der Waals surface area contributed by atoms with Crippen LogP contribution in [0.25, 0.3) is 0 Å². The second kappa shape index (κ2) is 13.2. The lowest BCUT2D eigenvalue weighted by Crippen LogP contribution is -2.31. The van der Waals surface area contributed by atoms with E-state index in [0.717, 1.165) is 29.7 Å². The van der Waals surface area contributed by atoms with Gasteiger partial charge in [0.1, 0.15) is 17.2 Å². The molecule has 0 bridgehead atoms. The maximum Gasteiger partial charge on any atom is 0.419 e. The molecule has 4 aromatic rings. The lowest BCUT2D eigenvalue weighted by molar-refractivity contribution is 0.0595. The molecule has 1 saturated heterocycles. The van der Waals surface area contributed by atoms with E-state index in [1.165, 1.54) is 13.3 Å². The minimum absolute atomic E-state index is 0.188. The molecule has 0 amide bonds. The van der Waals surface area contributed by atoms with Crippen molar-refractivity contribution in [2.45, 2.75) is 57.0 Å². The fourth-order valence-electron chi connectivity index (χ4n) is 5.80. The zero-order chi connectivity index (χ0) is 31.7. The molecule has 1 aliphatic heterocycles. The minimum atomic E-state index is -1.17. The number of carbonyl (C=O) groups excluding carboxylic acids is 1. The van der Waals surface area contributed by atoms with Crippen molar-refractivity contribution in [2.75, 3.05) is 25.1 Å². The van der Waals surface area contributed by atoms with Crippen molar-refractivity contribution in [1.29, 1.82) is 0 Å². The van der Waals surface area contributed by atoms with E-state index in [9.17, 15) is 14.7 Å². The van der Waals surface area contributed by atoms with Crippen LogP contribution in [0.5, 0.6) is 0 Å². The van der Waals surface area contributed by atoms with Crippen molar-refractivity contribution in [3.8, 4) is 0 Å². The highest BCUT2D eigenvalue weighted by Crippen LogP contribution is 2.42. The van der Waals surface area contributed by atoms with Crippen molar-refractivity contribution in [3.05, 3.63) is 114 Å². The predicted octanol–water partition coefficient (Wildman–Crippen LogP) is 6.52. The second-order valence-electron chi connectivity index (χ2n) is 11.5. The number of β-amino-alcohol motifs (C(OH)–C–C–N with tert-alkyl or cyclic N) is 1. The van der Waals surface area contributed by atoms with Gasteiger partial charge in [-0.15, -0.1) is 0 Å². The van der Waals surface area contributed by atoms with E-state index in [1.807, 2.05) is 17.0 Å². The number of esters is 1. The van der Waals surface area contributed by atoms with E-state index in [4.69, 9.17) is 48.7 Å². The van der Waals surface area contributed by atoms with Gasteiger partial charge in [-0.2, -0.15) is 0 Å². The fraction of sp³-hybridized carbons (Fsp3) is 0.364. The van der Waals surface area contributed by atoms with Crippen LogP contribution in [0.3, 0.4) is 0 Å². The Bertz CT molecular complexity index is 1750. The van der Waals surface area contributed by atoms with E-state index < -0.39 is 17.3 Å². The normalized spacial score (nSPS) is 18.0. The smallest absolute Gasteiger partial charge is 0.419 e. The van der Waals surface area contributed by atoms with Gasteiger partial charge in [0.15, 0.2) is 0 Å². The third kappa shape index (κ3) is 6.78. The number of carbonyl (C=O) groups is 1. The van der Waals surface area contributed by atoms with Gasteiger partial charge in [0, 0.05) is 45.8 Å². The largest absolute Gasteiger partial charge is 0.465 e. The van der Waals surface area contributed by atoms with Gasteiger partial charge in [-0.05, 0) is 67.1 Å². The van der Waals surface area contributed by atoms with Gasteiger partial charge >= 0.3 is 11.7 Å². The van der Waals surface area contributed by atoms with Crippen LogP contribution in [0.4, 0.5) is 5.82 Å². The number of nitrogens with zero attached hydrogens (tertiary/aromatic N) is 3. The summed E-state index contributed by atoms with van der Waals surface area (Å²) in [6.45, 7) is 1.67. The Hall–Kier alpha value is -3.34. The lowest BCUT2D eigenvalue weighted by atomic mass is 9.92. The number of pyridine rings is 1. The molecule has 6 rings (SSSR count). The molecular weight excluding hydrogens is 641 g/mol. The average Bonchev–Trinajstić information content (AvgIpc) is 3.73. The molecule has 236 valence electrons. The van der Waals surface area contributed by atoms with Gasteiger partial charge in [-0.3, -0.25) is 4.57 Å². The maximum absolute atomic E-state index is 12.8. The van der Waals surface area contributed by atoms with E-state index in [2.05, 4.69) is 4.98 Å². The highest BCUT2D eigenvalue weighted by atomic mass is 35.5. The summed E-state index contributed by atoms with van der Waals surface area (Å²) in [5.74, 6) is 0.686. The molecule has 2 fully saturated rings. The maximum atomic E-state index is 12.8. The Morgan fingerprint density at radius 1 is 1.09 bits per heavy atom. The number of halogens is 3. The summed E-state index contributed by atoms with van der Waals surface area (Å²) in [5, 5.41) is 13.1. The molecular formula is C33H32Cl3N3O6. The molecule has 1 atom stereocenters. The number of methoxy groups -OCH3 is 1. The number of benzene rings is 2. The number of aromatic nitrogens is 2. The summed E-state index contributed by atoms with van der Waals surface area (Å²) < 4.78 is 18.1. The first-order valence-corrected chi connectivity index (χ1v) is 15.8. The molecule has 2 aromatic carbocycles. The monoisotopic (exact) mass is 671 g/mol. The first kappa shape index (κ1) is 31.6. The van der Waals surface area contributed by atoms with Gasteiger partial charge < -0.3 is 23.9 Å². The molecule has 3 heterocycles. The van der Waals surface area contributed by atoms with Gasteiger partial charge in [0.25, 0.3) is 0 Å². The third-order valence-electron chi connectivity index (χ3n) is 8.41. The molecule has 0 radical (unpaired) electrons. The highest BCUT2D eigenvalue weighted by molar-refractivity contribution is 6.36. The summed E-state index contributed by atoms with van der Waals surface area (Å²) >= 11 is 19.4. The Morgan fingerprint density at radius 3 is 2.53 bits per heavy atom. The number of aliphatic hydroxyl groups is 1. The van der Waals surface area contributed by atoms with Gasteiger partial charge in [0.05, 0.1) is 38.1 Å². The van der Waals surface area contributed by atoms with E-state index in [-0.39, 0.29) is 19.1 Å². The molecule has 9 nitrogen and oxygen atoms in total. The van der Waals surface area contributed by atoms with Crippen LogP contribution in [-0.4, -0.2) is 40.8 Å². The summed E-state index contributed by atoms with van der Waals surface area (Å²) in [4.78, 5) is 30.9. The van der Waals surface area contributed by atoms with Crippen LogP contribution in [0.1, 0.15) is 63.7 Å². The first-order valence-electron chi connectivity index (χ1n) is 14.7. The average molecular weight is 673 g/mol. The summed E-state index contributed by atoms with van der Waals surface area (Å²) in [7, 11) is 1.32. The zero-order valence-electron chi connectivity index (χ0n) is 24.6. The van der Waals surface area contributed by atoms with Gasteiger partial charge in [0.2, 0.25) is 0 Å². The van der Waals surface area contributed by atoms with E-state index in [0.29, 0.717) is 70.2 Å². The number of oxazole rings is 1. The standard InChI is InChI=1S/C33H32Cl3N3O6/c1-43-31(40)22-8-10-29(37-16-22)38-14-12-33(42,19-38)24-9-5-20(15-27(24)36)17-44-18-28-30(21-6-7-21)45-32(41)39(28)13-11-23-25(34)3-2-4-26(23)35/h2-5,8-10,15-16,21,42H,6-7,11-14,17-19H2,1H3. The topological polar surface area (TPSA) is 107 Å².